The molecule has 18 heavy (non-hydrogen) atoms. The third-order valence-corrected chi connectivity index (χ3v) is 21.1. The molecule has 1 rings (SSSR count). The van der Waals surface area contributed by atoms with Crippen LogP contribution in [0.3, 0.4) is 0 Å². The Labute approximate surface area is 118 Å². The van der Waals surface area contributed by atoms with Gasteiger partial charge in [0.15, 0.2) is 8.40 Å². The molecule has 0 unspecified atom stereocenters. The molecule has 1 aliphatic rings. The molecular formula is C13H34N2Si3. The Balaban J connectivity index is 3.03. The highest BCUT2D eigenvalue weighted by molar-refractivity contribution is 7.03. The van der Waals surface area contributed by atoms with Gasteiger partial charge in [0.1, 0.15) is 16.5 Å². The standard InChI is InChI=1S/C13H34N2Si3/c1-16(2,3)15(17(4,5)6)18(7,8)14-12-10-9-11-13-14/h9-13H2,1-8H3. The van der Waals surface area contributed by atoms with Crippen LogP contribution in [0.1, 0.15) is 19.3 Å². The Morgan fingerprint density at radius 2 is 1.06 bits per heavy atom. The predicted molar refractivity (Wildman–Crippen MR) is 91.4 cm³/mol. The molecule has 0 saturated carbocycles. The van der Waals surface area contributed by atoms with Crippen molar-refractivity contribution in [1.82, 2.24) is 8.46 Å². The van der Waals surface area contributed by atoms with Gasteiger partial charge in [-0.2, -0.15) is 0 Å². The fraction of sp³-hybridized carbons (Fsp3) is 1.00. The number of rotatable bonds is 4. The molecule has 0 atom stereocenters. The highest BCUT2D eigenvalue weighted by Gasteiger charge is 2.48. The van der Waals surface area contributed by atoms with Crippen LogP contribution >= 0.6 is 0 Å². The fourth-order valence-electron chi connectivity index (χ4n) is 4.23. The summed E-state index contributed by atoms with van der Waals surface area (Å²) in [6.07, 6.45) is 4.28. The second-order valence-electron chi connectivity index (χ2n) is 8.22. The quantitative estimate of drug-likeness (QED) is 0.720. The van der Waals surface area contributed by atoms with E-state index in [1.807, 2.05) is 0 Å². The van der Waals surface area contributed by atoms with E-state index in [0.717, 1.165) is 0 Å². The van der Waals surface area contributed by atoms with Crippen molar-refractivity contribution in [3.8, 4) is 0 Å². The summed E-state index contributed by atoms with van der Waals surface area (Å²) in [5, 5.41) is 0. The molecule has 0 aromatic rings. The van der Waals surface area contributed by atoms with Crippen molar-refractivity contribution in [2.24, 2.45) is 0 Å². The number of nitrogens with zero attached hydrogens (tertiary/aromatic N) is 2. The summed E-state index contributed by atoms with van der Waals surface area (Å²) in [4.78, 5) is 0. The van der Waals surface area contributed by atoms with Gasteiger partial charge in [-0.15, -0.1) is 0 Å². The third-order valence-electron chi connectivity index (χ3n) is 4.02. The minimum absolute atomic E-state index is 1.23. The predicted octanol–water partition coefficient (Wildman–Crippen LogP) is 4.15. The van der Waals surface area contributed by atoms with E-state index in [2.05, 4.69) is 60.8 Å². The van der Waals surface area contributed by atoms with E-state index in [9.17, 15) is 0 Å². The topological polar surface area (TPSA) is 6.48 Å². The zero-order chi connectivity index (χ0) is 14.2. The summed E-state index contributed by atoms with van der Waals surface area (Å²) in [6.45, 7) is 23.2. The van der Waals surface area contributed by atoms with Gasteiger partial charge in [-0.1, -0.05) is 45.7 Å². The SMILES string of the molecule is C[Si](C)(C)N([Si](C)(C)C)[Si](C)(C)N1CCCCC1. The third kappa shape index (κ3) is 3.79. The number of hydrogen-bond acceptors (Lipinski definition) is 2. The zero-order valence-electron chi connectivity index (χ0n) is 13.9. The van der Waals surface area contributed by atoms with Crippen LogP contribution in [0.2, 0.25) is 52.4 Å². The molecule has 5 heteroatoms. The van der Waals surface area contributed by atoms with Gasteiger partial charge in [0.05, 0.1) is 0 Å². The first-order valence-electron chi connectivity index (χ1n) is 7.53. The van der Waals surface area contributed by atoms with Gasteiger partial charge in [0.2, 0.25) is 0 Å². The molecule has 1 fully saturated rings. The van der Waals surface area contributed by atoms with Crippen LogP contribution in [0.4, 0.5) is 0 Å². The smallest absolute Gasteiger partial charge is 0.187 e. The minimum atomic E-state index is -1.41. The van der Waals surface area contributed by atoms with Gasteiger partial charge < -0.3 is 8.46 Å². The second-order valence-corrected chi connectivity index (χ2v) is 23.2. The average Bonchev–Trinajstić information content (AvgIpc) is 2.13. The Kier molecular flexibility index (Phi) is 5.10. The second kappa shape index (κ2) is 5.52. The molecule has 1 aliphatic heterocycles. The van der Waals surface area contributed by atoms with E-state index in [0.29, 0.717) is 0 Å². The lowest BCUT2D eigenvalue weighted by molar-refractivity contribution is 0.331. The maximum Gasteiger partial charge on any atom is 0.187 e. The van der Waals surface area contributed by atoms with Crippen molar-refractivity contribution in [3.05, 3.63) is 0 Å². The van der Waals surface area contributed by atoms with Gasteiger partial charge in [-0.05, 0) is 39.0 Å². The lowest BCUT2D eigenvalue weighted by Crippen LogP contribution is -2.75. The number of piperidine rings is 1. The van der Waals surface area contributed by atoms with Crippen LogP contribution in [-0.2, 0) is 0 Å². The lowest BCUT2D eigenvalue weighted by atomic mass is 10.2. The molecule has 108 valence electrons. The van der Waals surface area contributed by atoms with E-state index in [1.54, 1.807) is 0 Å². The van der Waals surface area contributed by atoms with E-state index < -0.39 is 24.9 Å². The monoisotopic (exact) mass is 302 g/mol. The van der Waals surface area contributed by atoms with Crippen LogP contribution in [0, 0.1) is 0 Å². The van der Waals surface area contributed by atoms with E-state index in [1.165, 1.54) is 32.4 Å². The first-order valence-corrected chi connectivity index (χ1v) is 17.3. The molecule has 1 saturated heterocycles. The molecule has 1 heterocycles. The van der Waals surface area contributed by atoms with Crippen molar-refractivity contribution in [2.45, 2.75) is 71.6 Å². The Hall–Kier alpha value is 0.571. The van der Waals surface area contributed by atoms with E-state index in [-0.39, 0.29) is 0 Å². The van der Waals surface area contributed by atoms with Gasteiger partial charge in [0, 0.05) is 0 Å². The first-order chi connectivity index (χ1) is 7.97. The maximum absolute atomic E-state index is 3.10. The molecule has 0 aromatic carbocycles. The van der Waals surface area contributed by atoms with Crippen molar-refractivity contribution in [1.29, 1.82) is 0 Å². The van der Waals surface area contributed by atoms with Crippen LogP contribution < -0.4 is 0 Å². The summed E-state index contributed by atoms with van der Waals surface area (Å²) >= 11 is 0. The van der Waals surface area contributed by atoms with Crippen LogP contribution in [0.15, 0.2) is 0 Å². The molecule has 0 spiro atoms. The Bertz CT molecular complexity index is 259. The fourth-order valence-corrected chi connectivity index (χ4v) is 28.0. The van der Waals surface area contributed by atoms with Crippen molar-refractivity contribution in [3.63, 3.8) is 0 Å². The van der Waals surface area contributed by atoms with Crippen molar-refractivity contribution >= 4 is 24.9 Å². The van der Waals surface area contributed by atoms with Crippen LogP contribution in [0.5, 0.6) is 0 Å². The molecular weight excluding hydrogens is 268 g/mol. The van der Waals surface area contributed by atoms with Crippen molar-refractivity contribution in [2.75, 3.05) is 13.1 Å². The molecule has 0 radical (unpaired) electrons. The molecule has 0 aromatic heterocycles. The largest absolute Gasteiger partial charge is 0.356 e. The average molecular weight is 303 g/mol. The Morgan fingerprint density at radius 3 is 1.39 bits per heavy atom. The van der Waals surface area contributed by atoms with E-state index >= 15 is 0 Å². The molecule has 0 N–H and O–H groups in total. The lowest BCUT2D eigenvalue weighted by Gasteiger charge is -2.57. The van der Waals surface area contributed by atoms with Gasteiger partial charge >= 0.3 is 0 Å². The molecule has 0 bridgehead atoms. The molecule has 2 nitrogen and oxygen atoms in total. The number of hydrogen-bond donors (Lipinski definition) is 0. The first kappa shape index (κ1) is 16.6. The van der Waals surface area contributed by atoms with Gasteiger partial charge in [-0.3, -0.25) is 0 Å². The highest BCUT2D eigenvalue weighted by Crippen LogP contribution is 2.31. The summed E-state index contributed by atoms with van der Waals surface area (Å²) in [5.41, 5.74) is 0. The Morgan fingerprint density at radius 1 is 0.667 bits per heavy atom. The molecule has 0 aliphatic carbocycles. The van der Waals surface area contributed by atoms with Crippen LogP contribution in [-0.4, -0.2) is 46.4 Å². The zero-order valence-corrected chi connectivity index (χ0v) is 16.9. The highest BCUT2D eigenvalue weighted by atomic mass is 28.5. The molecule has 0 amide bonds. The van der Waals surface area contributed by atoms with Gasteiger partial charge in [0.25, 0.3) is 0 Å². The minimum Gasteiger partial charge on any atom is -0.356 e. The summed E-state index contributed by atoms with van der Waals surface area (Å²) in [5.74, 6) is 0. The summed E-state index contributed by atoms with van der Waals surface area (Å²) < 4.78 is 5.98. The van der Waals surface area contributed by atoms with Gasteiger partial charge in [-0.25, -0.2) is 0 Å². The normalized spacial score (nSPS) is 20.5. The summed E-state index contributed by atoms with van der Waals surface area (Å²) in [6, 6.07) is 0. The maximum atomic E-state index is 3.10. The summed E-state index contributed by atoms with van der Waals surface area (Å²) in [7, 11) is -3.87. The van der Waals surface area contributed by atoms with Crippen molar-refractivity contribution < 1.29 is 0 Å². The van der Waals surface area contributed by atoms with Crippen LogP contribution in [0.25, 0.3) is 0 Å². The van der Waals surface area contributed by atoms with E-state index in [4.69, 9.17) is 0 Å².